The van der Waals surface area contributed by atoms with Gasteiger partial charge < -0.3 is 16.0 Å². The normalized spacial score (nSPS) is 11.0. The number of H-pyrrole nitrogens is 1. The van der Waals surface area contributed by atoms with Crippen LogP contribution in [-0.4, -0.2) is 45.9 Å². The number of anilines is 1. The molecule has 5 rings (SSSR count). The quantitative estimate of drug-likeness (QED) is 0.157. The van der Waals surface area contributed by atoms with E-state index < -0.39 is 0 Å². The van der Waals surface area contributed by atoms with Crippen molar-refractivity contribution in [3.05, 3.63) is 95.9 Å². The molecule has 39 heavy (non-hydrogen) atoms. The molecule has 0 fully saturated rings. The van der Waals surface area contributed by atoms with E-state index in [1.807, 2.05) is 60.8 Å². The van der Waals surface area contributed by atoms with Gasteiger partial charge in [0.2, 0.25) is 5.91 Å². The number of aromatic nitrogens is 4. The summed E-state index contributed by atoms with van der Waals surface area (Å²) in [6, 6.07) is 22.2. The van der Waals surface area contributed by atoms with Gasteiger partial charge in [0.25, 0.3) is 0 Å². The highest BCUT2D eigenvalue weighted by Gasteiger charge is 2.09. The SMILES string of the molecule is O=C(CCNCc1ccc(-c2ccccc2)c(Cl)c1)NCCCNc1cc(-c2ccnnc2)cc2[nH]ncc12. The van der Waals surface area contributed by atoms with E-state index in [0.717, 1.165) is 62.4 Å². The van der Waals surface area contributed by atoms with Gasteiger partial charge in [0.05, 0.1) is 24.1 Å². The van der Waals surface area contributed by atoms with Gasteiger partial charge in [0.1, 0.15) is 0 Å². The monoisotopic (exact) mass is 539 g/mol. The van der Waals surface area contributed by atoms with Crippen molar-refractivity contribution in [1.29, 1.82) is 0 Å². The number of hydrogen-bond acceptors (Lipinski definition) is 6. The van der Waals surface area contributed by atoms with Crippen molar-refractivity contribution in [3.63, 3.8) is 0 Å². The van der Waals surface area contributed by atoms with E-state index in [2.05, 4.69) is 48.5 Å². The van der Waals surface area contributed by atoms with Crippen LogP contribution in [0.4, 0.5) is 5.69 Å². The van der Waals surface area contributed by atoms with E-state index in [1.54, 1.807) is 12.4 Å². The molecule has 0 aliphatic rings. The Labute approximate surface area is 232 Å². The van der Waals surface area contributed by atoms with E-state index in [-0.39, 0.29) is 5.91 Å². The van der Waals surface area contributed by atoms with E-state index >= 15 is 0 Å². The Bertz CT molecular complexity index is 1520. The molecule has 2 heterocycles. The number of carbonyl (C=O) groups excluding carboxylic acids is 1. The number of halogens is 1. The molecular weight excluding hydrogens is 510 g/mol. The maximum Gasteiger partial charge on any atom is 0.221 e. The van der Waals surface area contributed by atoms with Crippen LogP contribution in [0.5, 0.6) is 0 Å². The molecule has 0 radical (unpaired) electrons. The third-order valence-corrected chi connectivity index (χ3v) is 6.76. The lowest BCUT2D eigenvalue weighted by Gasteiger charge is -2.11. The summed E-state index contributed by atoms with van der Waals surface area (Å²) in [5.74, 6) is 0.0318. The predicted octanol–water partition coefficient (Wildman–Crippen LogP) is 5.44. The van der Waals surface area contributed by atoms with Crippen LogP contribution in [0.2, 0.25) is 5.02 Å². The van der Waals surface area contributed by atoms with E-state index in [1.165, 1.54) is 0 Å². The minimum absolute atomic E-state index is 0.0318. The van der Waals surface area contributed by atoms with Gasteiger partial charge in [0, 0.05) is 59.8 Å². The average Bonchev–Trinajstić information content (AvgIpc) is 3.45. The summed E-state index contributed by atoms with van der Waals surface area (Å²) in [5.41, 5.74) is 7.14. The third-order valence-electron chi connectivity index (χ3n) is 6.44. The number of carbonyl (C=O) groups is 1. The molecule has 0 bridgehead atoms. The summed E-state index contributed by atoms with van der Waals surface area (Å²) in [4.78, 5) is 12.3. The maximum atomic E-state index is 12.3. The van der Waals surface area contributed by atoms with Gasteiger partial charge >= 0.3 is 0 Å². The van der Waals surface area contributed by atoms with Gasteiger partial charge in [0.15, 0.2) is 0 Å². The molecule has 0 saturated carbocycles. The summed E-state index contributed by atoms with van der Waals surface area (Å²) in [5, 5.41) is 26.6. The second kappa shape index (κ2) is 13.0. The first-order valence-corrected chi connectivity index (χ1v) is 13.3. The molecule has 3 aromatic carbocycles. The molecule has 1 amide bonds. The van der Waals surface area contributed by atoms with Crippen LogP contribution in [0.1, 0.15) is 18.4 Å². The highest BCUT2D eigenvalue weighted by molar-refractivity contribution is 6.33. The molecule has 0 saturated heterocycles. The molecule has 198 valence electrons. The summed E-state index contributed by atoms with van der Waals surface area (Å²) >= 11 is 6.50. The summed E-state index contributed by atoms with van der Waals surface area (Å²) in [7, 11) is 0. The van der Waals surface area contributed by atoms with Crippen molar-refractivity contribution in [2.75, 3.05) is 25.0 Å². The molecule has 2 aromatic heterocycles. The molecule has 0 unspecified atom stereocenters. The molecule has 8 nitrogen and oxygen atoms in total. The van der Waals surface area contributed by atoms with Gasteiger partial charge in [-0.2, -0.15) is 15.3 Å². The van der Waals surface area contributed by atoms with Crippen molar-refractivity contribution in [2.45, 2.75) is 19.4 Å². The number of fused-ring (bicyclic) bond motifs is 1. The Kier molecular flexibility index (Phi) is 8.78. The number of nitrogens with zero attached hydrogens (tertiary/aromatic N) is 3. The van der Waals surface area contributed by atoms with Crippen LogP contribution in [0.25, 0.3) is 33.2 Å². The average molecular weight is 540 g/mol. The maximum absolute atomic E-state index is 12.3. The minimum Gasteiger partial charge on any atom is -0.384 e. The smallest absolute Gasteiger partial charge is 0.221 e. The number of hydrogen-bond donors (Lipinski definition) is 4. The Balaban J connectivity index is 1.02. The third kappa shape index (κ3) is 6.98. The first-order valence-electron chi connectivity index (χ1n) is 13.0. The topological polar surface area (TPSA) is 108 Å². The number of rotatable bonds is 12. The Hall–Kier alpha value is -4.27. The minimum atomic E-state index is 0.0318. The van der Waals surface area contributed by atoms with Crippen LogP contribution < -0.4 is 16.0 Å². The lowest BCUT2D eigenvalue weighted by molar-refractivity contribution is -0.120. The van der Waals surface area contributed by atoms with Crippen molar-refractivity contribution in [3.8, 4) is 22.3 Å². The zero-order valence-corrected chi connectivity index (χ0v) is 22.2. The van der Waals surface area contributed by atoms with Crippen molar-refractivity contribution in [2.24, 2.45) is 0 Å². The standard InChI is InChI=1S/C30H30ClN7O/c31-27-15-21(7-8-25(27)22-5-2-1-3-6-22)18-32-13-10-30(39)34-12-4-11-33-28-16-24(23-9-14-35-36-19-23)17-29-26(28)20-37-38-29/h1-3,5-9,14-17,19-20,32-33H,4,10-13,18H2,(H,34,39)(H,37,38). The molecule has 9 heteroatoms. The number of aromatic amines is 1. The Morgan fingerprint density at radius 1 is 0.872 bits per heavy atom. The van der Waals surface area contributed by atoms with E-state index in [9.17, 15) is 4.79 Å². The lowest BCUT2D eigenvalue weighted by Crippen LogP contribution is -2.29. The number of benzene rings is 3. The molecular formula is C30H30ClN7O. The van der Waals surface area contributed by atoms with E-state index in [4.69, 9.17) is 11.6 Å². The molecule has 0 aliphatic heterocycles. The predicted molar refractivity (Wildman–Crippen MR) is 156 cm³/mol. The highest BCUT2D eigenvalue weighted by Crippen LogP contribution is 2.30. The number of amides is 1. The largest absolute Gasteiger partial charge is 0.384 e. The second-order valence-corrected chi connectivity index (χ2v) is 9.63. The molecule has 4 N–H and O–H groups in total. The van der Waals surface area contributed by atoms with Gasteiger partial charge in [-0.05, 0) is 47.4 Å². The fourth-order valence-corrected chi connectivity index (χ4v) is 4.72. The first kappa shape index (κ1) is 26.3. The Morgan fingerprint density at radius 3 is 2.59 bits per heavy atom. The van der Waals surface area contributed by atoms with Crippen molar-refractivity contribution >= 4 is 34.1 Å². The Morgan fingerprint density at radius 2 is 1.77 bits per heavy atom. The second-order valence-electron chi connectivity index (χ2n) is 9.22. The van der Waals surface area contributed by atoms with Gasteiger partial charge in [-0.25, -0.2) is 0 Å². The summed E-state index contributed by atoms with van der Waals surface area (Å²) in [6.45, 7) is 2.57. The van der Waals surface area contributed by atoms with Crippen LogP contribution in [0, 0.1) is 0 Å². The highest BCUT2D eigenvalue weighted by atomic mass is 35.5. The fourth-order valence-electron chi connectivity index (χ4n) is 4.41. The van der Waals surface area contributed by atoms with Crippen LogP contribution >= 0.6 is 11.6 Å². The van der Waals surface area contributed by atoms with Gasteiger partial charge in [-0.1, -0.05) is 54.1 Å². The van der Waals surface area contributed by atoms with Gasteiger partial charge in [-0.3, -0.25) is 9.89 Å². The van der Waals surface area contributed by atoms with Gasteiger partial charge in [-0.15, -0.1) is 0 Å². The van der Waals surface area contributed by atoms with Crippen LogP contribution in [0.15, 0.2) is 85.3 Å². The van der Waals surface area contributed by atoms with E-state index in [0.29, 0.717) is 26.1 Å². The fraction of sp³-hybridized carbons (Fsp3) is 0.200. The zero-order chi connectivity index (χ0) is 26.9. The lowest BCUT2D eigenvalue weighted by atomic mass is 10.0. The molecule has 0 spiro atoms. The molecule has 5 aromatic rings. The summed E-state index contributed by atoms with van der Waals surface area (Å²) < 4.78 is 0. The van der Waals surface area contributed by atoms with Crippen LogP contribution in [-0.2, 0) is 11.3 Å². The zero-order valence-electron chi connectivity index (χ0n) is 21.5. The van der Waals surface area contributed by atoms with Crippen molar-refractivity contribution < 1.29 is 4.79 Å². The molecule has 0 aliphatic carbocycles. The number of nitrogens with one attached hydrogen (secondary N) is 4. The first-order chi connectivity index (χ1) is 19.2. The van der Waals surface area contributed by atoms with Crippen molar-refractivity contribution in [1.82, 2.24) is 31.0 Å². The summed E-state index contributed by atoms with van der Waals surface area (Å²) in [6.07, 6.45) is 6.44. The molecule has 0 atom stereocenters. The van der Waals surface area contributed by atoms with Crippen LogP contribution in [0.3, 0.4) is 0 Å².